The first kappa shape index (κ1) is 16.0. The summed E-state index contributed by atoms with van der Waals surface area (Å²) in [5, 5.41) is 0.604. The van der Waals surface area contributed by atoms with Crippen LogP contribution in [0.2, 0.25) is 0 Å². The molecule has 1 atom stereocenters. The van der Waals surface area contributed by atoms with E-state index in [1.165, 1.54) is 11.8 Å². The maximum atomic E-state index is 11.9. The van der Waals surface area contributed by atoms with Crippen molar-refractivity contribution in [1.82, 2.24) is 9.55 Å². The van der Waals surface area contributed by atoms with Gasteiger partial charge in [-0.3, -0.25) is 9.36 Å². The van der Waals surface area contributed by atoms with E-state index in [0.717, 1.165) is 34.0 Å². The molecule has 1 fully saturated rings. The minimum atomic E-state index is -0.196. The molecule has 0 unspecified atom stereocenters. The molecule has 3 aromatic rings. The number of fused-ring (bicyclic) bond motifs is 1. The molecule has 0 N–H and O–H groups in total. The van der Waals surface area contributed by atoms with E-state index in [1.54, 1.807) is 0 Å². The number of cyclic esters (lactones) is 1. The molecule has 5 nitrogen and oxygen atoms in total. The fraction of sp³-hybridized carbons (Fsp3) is 0.263. The van der Waals surface area contributed by atoms with E-state index in [9.17, 15) is 4.79 Å². The first-order chi connectivity index (χ1) is 12.3. The highest BCUT2D eigenvalue weighted by atomic mass is 32.2. The number of hydrogen-bond donors (Lipinski definition) is 0. The molecule has 4 rings (SSSR count). The van der Waals surface area contributed by atoms with Crippen molar-refractivity contribution in [2.45, 2.75) is 23.8 Å². The van der Waals surface area contributed by atoms with Gasteiger partial charge >= 0.3 is 5.97 Å². The Morgan fingerprint density at radius 1 is 1.24 bits per heavy atom. The van der Waals surface area contributed by atoms with Crippen molar-refractivity contribution < 1.29 is 14.3 Å². The summed E-state index contributed by atoms with van der Waals surface area (Å²) < 4.78 is 12.7. The Bertz CT molecular complexity index is 905. The van der Waals surface area contributed by atoms with E-state index in [-0.39, 0.29) is 11.2 Å². The minimum absolute atomic E-state index is 0.157. The maximum Gasteiger partial charge on any atom is 0.319 e. The molecule has 0 spiro atoms. The Kier molecular flexibility index (Phi) is 4.36. The average molecular weight is 354 g/mol. The third-order valence-electron chi connectivity index (χ3n) is 4.07. The van der Waals surface area contributed by atoms with Crippen LogP contribution in [0.3, 0.4) is 0 Å². The van der Waals surface area contributed by atoms with Gasteiger partial charge in [-0.25, -0.2) is 4.98 Å². The predicted octanol–water partition coefficient (Wildman–Crippen LogP) is 3.83. The van der Waals surface area contributed by atoms with E-state index in [2.05, 4.69) is 4.57 Å². The minimum Gasteiger partial charge on any atom is -0.494 e. The number of hydrogen-bond acceptors (Lipinski definition) is 5. The molecule has 128 valence electrons. The van der Waals surface area contributed by atoms with Crippen LogP contribution < -0.4 is 4.74 Å². The fourth-order valence-corrected chi connectivity index (χ4v) is 4.00. The van der Waals surface area contributed by atoms with Crippen molar-refractivity contribution in [2.24, 2.45) is 0 Å². The smallest absolute Gasteiger partial charge is 0.319 e. The van der Waals surface area contributed by atoms with Gasteiger partial charge in [-0.15, -0.1) is 0 Å². The van der Waals surface area contributed by atoms with Gasteiger partial charge in [0.25, 0.3) is 0 Å². The molecule has 6 heteroatoms. The van der Waals surface area contributed by atoms with Gasteiger partial charge in [0.15, 0.2) is 5.16 Å². The Balaban J connectivity index is 1.77. The summed E-state index contributed by atoms with van der Waals surface area (Å²) in [6.07, 6.45) is 0.718. The third-order valence-corrected chi connectivity index (χ3v) is 5.27. The molecule has 25 heavy (non-hydrogen) atoms. The zero-order chi connectivity index (χ0) is 17.2. The summed E-state index contributed by atoms with van der Waals surface area (Å²) >= 11 is 1.47. The first-order valence-electron chi connectivity index (χ1n) is 8.30. The second-order valence-corrected chi connectivity index (χ2v) is 6.88. The van der Waals surface area contributed by atoms with E-state index in [0.29, 0.717) is 13.2 Å². The Morgan fingerprint density at radius 3 is 2.76 bits per heavy atom. The number of benzene rings is 2. The van der Waals surface area contributed by atoms with Gasteiger partial charge < -0.3 is 9.47 Å². The molecular formula is C19H18N2O3S. The van der Waals surface area contributed by atoms with Gasteiger partial charge in [-0.05, 0) is 43.3 Å². The molecule has 0 amide bonds. The fourth-order valence-electron chi connectivity index (χ4n) is 2.90. The van der Waals surface area contributed by atoms with Gasteiger partial charge in [0.1, 0.15) is 11.0 Å². The summed E-state index contributed by atoms with van der Waals surface area (Å²) in [6.45, 7) is 3.09. The summed E-state index contributed by atoms with van der Waals surface area (Å²) in [7, 11) is 0. The highest BCUT2D eigenvalue weighted by Gasteiger charge is 2.29. The molecule has 1 aromatic heterocycles. The van der Waals surface area contributed by atoms with Crippen LogP contribution in [0.15, 0.2) is 53.7 Å². The number of para-hydroxylation sites is 2. The van der Waals surface area contributed by atoms with Gasteiger partial charge in [-0.2, -0.15) is 0 Å². The van der Waals surface area contributed by atoms with Crippen molar-refractivity contribution in [1.29, 1.82) is 0 Å². The summed E-state index contributed by atoms with van der Waals surface area (Å²) in [4.78, 5) is 16.6. The largest absolute Gasteiger partial charge is 0.494 e. The molecule has 0 saturated carbocycles. The van der Waals surface area contributed by atoms with E-state index in [4.69, 9.17) is 14.5 Å². The molecule has 1 saturated heterocycles. The van der Waals surface area contributed by atoms with Crippen LogP contribution in [-0.4, -0.2) is 34.0 Å². The van der Waals surface area contributed by atoms with Crippen LogP contribution in [-0.2, 0) is 9.53 Å². The van der Waals surface area contributed by atoms with Crippen molar-refractivity contribution in [3.8, 4) is 11.4 Å². The topological polar surface area (TPSA) is 53.4 Å². The van der Waals surface area contributed by atoms with E-state index >= 15 is 0 Å². The predicted molar refractivity (Wildman–Crippen MR) is 97.5 cm³/mol. The highest BCUT2D eigenvalue weighted by molar-refractivity contribution is 8.00. The lowest BCUT2D eigenvalue weighted by Crippen LogP contribution is -2.11. The van der Waals surface area contributed by atoms with Crippen LogP contribution in [0, 0.1) is 0 Å². The van der Waals surface area contributed by atoms with Crippen LogP contribution in [0.4, 0.5) is 0 Å². The van der Waals surface area contributed by atoms with Crippen LogP contribution in [0.5, 0.6) is 5.75 Å². The lowest BCUT2D eigenvalue weighted by molar-refractivity contribution is -0.137. The lowest BCUT2D eigenvalue weighted by Gasteiger charge is -2.11. The zero-order valence-corrected chi connectivity index (χ0v) is 14.7. The van der Waals surface area contributed by atoms with Gasteiger partial charge in [-0.1, -0.05) is 23.9 Å². The Labute approximate surface area is 150 Å². The summed E-state index contributed by atoms with van der Waals surface area (Å²) in [5.74, 6) is 0.680. The highest BCUT2D eigenvalue weighted by Crippen LogP contribution is 2.34. The zero-order valence-electron chi connectivity index (χ0n) is 13.8. The number of thioether (sulfide) groups is 1. The van der Waals surface area contributed by atoms with Crippen molar-refractivity contribution >= 4 is 28.8 Å². The molecule has 1 aliphatic heterocycles. The summed E-state index contributed by atoms with van der Waals surface area (Å²) in [6, 6.07) is 15.9. The van der Waals surface area contributed by atoms with E-state index < -0.39 is 0 Å². The quantitative estimate of drug-likeness (QED) is 0.652. The SMILES string of the molecule is CCOc1ccc(-n2c(S[C@H]3CCOC3=O)nc3ccccc32)cc1. The number of rotatable bonds is 5. The first-order valence-corrected chi connectivity index (χ1v) is 9.18. The molecule has 2 aromatic carbocycles. The molecule has 1 aliphatic rings. The molecule has 0 bridgehead atoms. The van der Waals surface area contributed by atoms with Gasteiger partial charge in [0.05, 0.1) is 24.2 Å². The monoisotopic (exact) mass is 354 g/mol. The van der Waals surface area contributed by atoms with Crippen molar-refractivity contribution in [3.63, 3.8) is 0 Å². The summed E-state index contributed by atoms with van der Waals surface area (Å²) in [5.41, 5.74) is 2.91. The Hall–Kier alpha value is -2.47. The molecule has 2 heterocycles. The standard InChI is InChI=1S/C19H18N2O3S/c1-2-23-14-9-7-13(8-10-14)21-16-6-4-3-5-15(16)20-19(21)25-17-11-12-24-18(17)22/h3-10,17H,2,11-12H2,1H3/t17-/m0/s1. The normalized spacial score (nSPS) is 17.0. The lowest BCUT2D eigenvalue weighted by atomic mass is 10.2. The average Bonchev–Trinajstić information content (AvgIpc) is 3.20. The van der Waals surface area contributed by atoms with Crippen molar-refractivity contribution in [2.75, 3.05) is 13.2 Å². The van der Waals surface area contributed by atoms with Gasteiger partial charge in [0, 0.05) is 12.1 Å². The number of aromatic nitrogens is 2. The van der Waals surface area contributed by atoms with Crippen LogP contribution in [0.25, 0.3) is 16.7 Å². The number of carbonyl (C=O) groups excluding carboxylic acids is 1. The number of esters is 1. The number of imidazole rings is 1. The maximum absolute atomic E-state index is 11.9. The number of ether oxygens (including phenoxy) is 2. The molecule has 0 aliphatic carbocycles. The van der Waals surface area contributed by atoms with Gasteiger partial charge in [0.2, 0.25) is 0 Å². The third kappa shape index (κ3) is 3.09. The molecule has 0 radical (unpaired) electrons. The number of carbonyl (C=O) groups is 1. The van der Waals surface area contributed by atoms with E-state index in [1.807, 2.05) is 55.5 Å². The second-order valence-electron chi connectivity index (χ2n) is 5.71. The molecular weight excluding hydrogens is 336 g/mol. The van der Waals surface area contributed by atoms with Crippen LogP contribution in [0.1, 0.15) is 13.3 Å². The Morgan fingerprint density at radius 2 is 2.04 bits per heavy atom. The van der Waals surface area contributed by atoms with Crippen molar-refractivity contribution in [3.05, 3.63) is 48.5 Å². The number of nitrogens with zero attached hydrogens (tertiary/aromatic N) is 2. The van der Waals surface area contributed by atoms with Crippen LogP contribution >= 0.6 is 11.8 Å². The second kappa shape index (κ2) is 6.80.